The number of rotatable bonds is 4. The average Bonchev–Trinajstić information content (AvgIpc) is 2.35. The molecule has 0 aliphatic carbocycles. The van der Waals surface area contributed by atoms with Crippen molar-refractivity contribution in [2.24, 2.45) is 5.41 Å². The van der Waals surface area contributed by atoms with E-state index in [0.717, 1.165) is 0 Å². The third-order valence-electron chi connectivity index (χ3n) is 2.39. The summed E-state index contributed by atoms with van der Waals surface area (Å²) in [7, 11) is 0. The number of anilines is 1. The molecule has 1 heterocycles. The summed E-state index contributed by atoms with van der Waals surface area (Å²) in [5, 5.41) is 13.8. The molecule has 0 saturated carbocycles. The lowest BCUT2D eigenvalue weighted by molar-refractivity contribution is -0.130. The summed E-state index contributed by atoms with van der Waals surface area (Å²) < 4.78 is 0. The quantitative estimate of drug-likeness (QED) is 0.758. The van der Waals surface area contributed by atoms with Crippen molar-refractivity contribution < 1.29 is 19.5 Å². The van der Waals surface area contributed by atoms with Crippen molar-refractivity contribution >= 4 is 23.6 Å². The molecule has 20 heavy (non-hydrogen) atoms. The largest absolute Gasteiger partial charge is 0.478 e. The Kier molecular flexibility index (Phi) is 4.79. The molecule has 0 radical (unpaired) electrons. The first-order valence-electron chi connectivity index (χ1n) is 5.98. The summed E-state index contributed by atoms with van der Waals surface area (Å²) in [6, 6.07) is 2.79. The topological polar surface area (TPSA) is 108 Å². The Morgan fingerprint density at radius 2 is 1.95 bits per heavy atom. The minimum absolute atomic E-state index is 0.0463. The summed E-state index contributed by atoms with van der Waals surface area (Å²) in [5.41, 5.74) is -0.708. The van der Waals surface area contributed by atoms with E-state index < -0.39 is 17.3 Å². The Labute approximate surface area is 116 Å². The second-order valence-corrected chi connectivity index (χ2v) is 5.19. The van der Waals surface area contributed by atoms with Crippen LogP contribution in [0.3, 0.4) is 0 Å². The van der Waals surface area contributed by atoms with E-state index in [0.29, 0.717) is 0 Å². The first kappa shape index (κ1) is 15.6. The first-order valence-corrected chi connectivity index (χ1v) is 5.98. The normalized spacial score (nSPS) is 10.8. The predicted molar refractivity (Wildman–Crippen MR) is 72.3 cm³/mol. The molecule has 108 valence electrons. The molecule has 7 nitrogen and oxygen atoms in total. The van der Waals surface area contributed by atoms with Crippen LogP contribution in [-0.4, -0.2) is 34.4 Å². The minimum atomic E-state index is -1.19. The summed E-state index contributed by atoms with van der Waals surface area (Å²) in [4.78, 5) is 38.0. The fraction of sp³-hybridized carbons (Fsp3) is 0.385. The van der Waals surface area contributed by atoms with Gasteiger partial charge in [-0.05, 0) is 12.1 Å². The van der Waals surface area contributed by atoms with Crippen LogP contribution in [0.2, 0.25) is 0 Å². The van der Waals surface area contributed by atoms with Gasteiger partial charge in [0, 0.05) is 11.6 Å². The van der Waals surface area contributed by atoms with Crippen LogP contribution in [0.15, 0.2) is 18.3 Å². The van der Waals surface area contributed by atoms with Crippen LogP contribution < -0.4 is 10.6 Å². The molecule has 0 aliphatic heterocycles. The highest BCUT2D eigenvalue weighted by Gasteiger charge is 2.21. The second-order valence-electron chi connectivity index (χ2n) is 5.19. The third kappa shape index (κ3) is 4.34. The smallest absolute Gasteiger partial charge is 0.339 e. The van der Waals surface area contributed by atoms with Crippen molar-refractivity contribution in [3.8, 4) is 0 Å². The van der Waals surface area contributed by atoms with E-state index in [4.69, 9.17) is 5.11 Å². The van der Waals surface area contributed by atoms with Crippen molar-refractivity contribution in [3.63, 3.8) is 0 Å². The SMILES string of the molecule is CC(C)(C)C(=O)NCC(=O)Nc1ncccc1C(=O)O. The van der Waals surface area contributed by atoms with E-state index in [-0.39, 0.29) is 23.8 Å². The zero-order chi connectivity index (χ0) is 15.3. The lowest BCUT2D eigenvalue weighted by Crippen LogP contribution is -2.39. The summed E-state index contributed by atoms with van der Waals surface area (Å²) in [6.07, 6.45) is 1.37. The monoisotopic (exact) mass is 279 g/mol. The number of nitrogens with zero attached hydrogens (tertiary/aromatic N) is 1. The van der Waals surface area contributed by atoms with E-state index in [9.17, 15) is 14.4 Å². The van der Waals surface area contributed by atoms with E-state index in [1.807, 2.05) is 0 Å². The highest BCUT2D eigenvalue weighted by molar-refractivity contribution is 6.00. The van der Waals surface area contributed by atoms with Gasteiger partial charge < -0.3 is 15.7 Å². The predicted octanol–water partition coefficient (Wildman–Crippen LogP) is 0.881. The fourth-order valence-electron chi connectivity index (χ4n) is 1.28. The number of carboxylic acid groups (broad SMARTS) is 1. The number of hydrogen-bond acceptors (Lipinski definition) is 4. The van der Waals surface area contributed by atoms with E-state index >= 15 is 0 Å². The Bertz CT molecular complexity index is 535. The Morgan fingerprint density at radius 1 is 1.30 bits per heavy atom. The first-order chi connectivity index (χ1) is 9.21. The average molecular weight is 279 g/mol. The van der Waals surface area contributed by atoms with Gasteiger partial charge in [0.15, 0.2) is 0 Å². The van der Waals surface area contributed by atoms with Gasteiger partial charge in [0.2, 0.25) is 11.8 Å². The van der Waals surface area contributed by atoms with Crippen molar-refractivity contribution in [1.82, 2.24) is 10.3 Å². The van der Waals surface area contributed by atoms with Gasteiger partial charge in [-0.2, -0.15) is 0 Å². The fourth-order valence-corrected chi connectivity index (χ4v) is 1.28. The molecular formula is C13H17N3O4. The molecule has 0 saturated heterocycles. The van der Waals surface area contributed by atoms with Gasteiger partial charge in [-0.15, -0.1) is 0 Å². The number of hydrogen-bond donors (Lipinski definition) is 3. The molecule has 0 unspecified atom stereocenters. The lowest BCUT2D eigenvalue weighted by atomic mass is 9.96. The number of nitrogens with one attached hydrogen (secondary N) is 2. The molecule has 1 aromatic rings. The summed E-state index contributed by atoms with van der Waals surface area (Å²) in [6.45, 7) is 4.93. The van der Waals surface area contributed by atoms with Crippen molar-refractivity contribution in [2.45, 2.75) is 20.8 Å². The molecule has 0 fully saturated rings. The standard InChI is InChI=1S/C13H17N3O4/c1-13(2,3)12(20)15-7-9(17)16-10-8(11(18)19)5-4-6-14-10/h4-6H,7H2,1-3H3,(H,15,20)(H,18,19)(H,14,16,17). The number of aromatic nitrogens is 1. The number of carbonyl (C=O) groups is 3. The number of amides is 2. The van der Waals surface area contributed by atoms with Crippen LogP contribution >= 0.6 is 0 Å². The van der Waals surface area contributed by atoms with Crippen LogP contribution in [0.25, 0.3) is 0 Å². The van der Waals surface area contributed by atoms with Gasteiger partial charge in [0.1, 0.15) is 11.4 Å². The second kappa shape index (κ2) is 6.14. The van der Waals surface area contributed by atoms with E-state index in [2.05, 4.69) is 15.6 Å². The van der Waals surface area contributed by atoms with Crippen LogP contribution in [0, 0.1) is 5.41 Å². The molecule has 1 aromatic heterocycles. The molecule has 0 atom stereocenters. The number of pyridine rings is 1. The van der Waals surface area contributed by atoms with Crippen LogP contribution in [0.5, 0.6) is 0 Å². The van der Waals surface area contributed by atoms with Crippen molar-refractivity contribution in [1.29, 1.82) is 0 Å². The van der Waals surface area contributed by atoms with Crippen molar-refractivity contribution in [3.05, 3.63) is 23.9 Å². The molecule has 3 N–H and O–H groups in total. The minimum Gasteiger partial charge on any atom is -0.478 e. The maximum Gasteiger partial charge on any atom is 0.339 e. The van der Waals surface area contributed by atoms with Gasteiger partial charge in [-0.25, -0.2) is 9.78 Å². The zero-order valence-electron chi connectivity index (χ0n) is 11.6. The number of carbonyl (C=O) groups excluding carboxylic acids is 2. The summed E-state index contributed by atoms with van der Waals surface area (Å²) in [5.74, 6) is -2.04. The molecular weight excluding hydrogens is 262 g/mol. The number of aromatic carboxylic acids is 1. The van der Waals surface area contributed by atoms with E-state index in [1.54, 1.807) is 20.8 Å². The van der Waals surface area contributed by atoms with Gasteiger partial charge in [-0.3, -0.25) is 9.59 Å². The van der Waals surface area contributed by atoms with Crippen molar-refractivity contribution in [2.75, 3.05) is 11.9 Å². The van der Waals surface area contributed by atoms with Gasteiger partial charge in [-0.1, -0.05) is 20.8 Å². The maximum absolute atomic E-state index is 11.7. The van der Waals surface area contributed by atoms with Gasteiger partial charge >= 0.3 is 5.97 Å². The number of carboxylic acids is 1. The summed E-state index contributed by atoms with van der Waals surface area (Å²) >= 11 is 0. The lowest BCUT2D eigenvalue weighted by Gasteiger charge is -2.17. The van der Waals surface area contributed by atoms with Crippen LogP contribution in [0.4, 0.5) is 5.82 Å². The molecule has 0 bridgehead atoms. The van der Waals surface area contributed by atoms with E-state index in [1.165, 1.54) is 18.3 Å². The molecule has 0 spiro atoms. The van der Waals surface area contributed by atoms with Gasteiger partial charge in [0.05, 0.1) is 6.54 Å². The maximum atomic E-state index is 11.7. The third-order valence-corrected chi connectivity index (χ3v) is 2.39. The van der Waals surface area contributed by atoms with Crippen LogP contribution in [0.1, 0.15) is 31.1 Å². The Balaban J connectivity index is 2.64. The highest BCUT2D eigenvalue weighted by Crippen LogP contribution is 2.13. The van der Waals surface area contributed by atoms with Gasteiger partial charge in [0.25, 0.3) is 0 Å². The van der Waals surface area contributed by atoms with Crippen LogP contribution in [-0.2, 0) is 9.59 Å². The molecule has 7 heteroatoms. The Morgan fingerprint density at radius 3 is 2.50 bits per heavy atom. The molecule has 0 aliphatic rings. The molecule has 1 rings (SSSR count). The highest BCUT2D eigenvalue weighted by atomic mass is 16.4. The Hall–Kier alpha value is -2.44. The molecule has 0 aromatic carbocycles. The molecule has 2 amide bonds. The zero-order valence-corrected chi connectivity index (χ0v) is 11.6.